The molecule has 1 atom stereocenters. The molecule has 4 rings (SSSR count). The molecule has 3 heterocycles. The summed E-state index contributed by atoms with van der Waals surface area (Å²) in [4.78, 5) is 13.3. The number of nitro groups is 1. The Kier molecular flexibility index (Phi) is 5.79. The van der Waals surface area contributed by atoms with Gasteiger partial charge in [0.1, 0.15) is 5.69 Å². The van der Waals surface area contributed by atoms with E-state index in [-0.39, 0.29) is 10.6 Å². The van der Waals surface area contributed by atoms with Crippen molar-refractivity contribution < 1.29 is 13.3 Å². The first-order chi connectivity index (χ1) is 14.3. The van der Waals surface area contributed by atoms with Crippen LogP contribution in [0.3, 0.4) is 0 Å². The molecule has 0 amide bonds. The van der Waals surface area contributed by atoms with Crippen molar-refractivity contribution in [2.24, 2.45) is 13.0 Å². The predicted molar refractivity (Wildman–Crippen MR) is 113 cm³/mol. The van der Waals surface area contributed by atoms with Crippen LogP contribution in [0.4, 0.5) is 11.4 Å². The molecular weight excluding hydrogens is 406 g/mol. The third-order valence-corrected chi connectivity index (χ3v) is 7.90. The average molecular weight is 434 g/mol. The summed E-state index contributed by atoms with van der Waals surface area (Å²) in [5, 5.41) is 16.0. The van der Waals surface area contributed by atoms with E-state index >= 15 is 0 Å². The lowest BCUT2D eigenvalue weighted by Crippen LogP contribution is -2.35. The summed E-state index contributed by atoms with van der Waals surface area (Å²) in [6, 6.07) is 4.34. The lowest BCUT2D eigenvalue weighted by atomic mass is 10.0. The van der Waals surface area contributed by atoms with E-state index in [1.54, 1.807) is 10.7 Å². The van der Waals surface area contributed by atoms with Crippen LogP contribution in [0.2, 0.25) is 0 Å². The van der Waals surface area contributed by atoms with Crippen LogP contribution in [0.15, 0.2) is 35.5 Å². The van der Waals surface area contributed by atoms with Crippen molar-refractivity contribution >= 4 is 21.4 Å². The molecule has 0 radical (unpaired) electrons. The van der Waals surface area contributed by atoms with Crippen LogP contribution in [-0.2, 0) is 23.5 Å². The summed E-state index contributed by atoms with van der Waals surface area (Å²) in [5.41, 5.74) is 1.50. The van der Waals surface area contributed by atoms with E-state index < -0.39 is 14.9 Å². The number of piperidine rings is 1. The van der Waals surface area contributed by atoms with Crippen LogP contribution in [-0.4, -0.2) is 53.6 Å². The minimum atomic E-state index is -3.71. The summed E-state index contributed by atoms with van der Waals surface area (Å²) >= 11 is 0. The summed E-state index contributed by atoms with van der Waals surface area (Å²) in [6.07, 6.45) is 8.31. The fourth-order valence-corrected chi connectivity index (χ4v) is 6.00. The van der Waals surface area contributed by atoms with E-state index in [4.69, 9.17) is 0 Å². The molecule has 2 aromatic rings. The number of hydrogen-bond acceptors (Lipinski definition) is 6. The Morgan fingerprint density at radius 2 is 1.97 bits per heavy atom. The first-order valence-corrected chi connectivity index (χ1v) is 11.8. The third kappa shape index (κ3) is 4.20. The number of aryl methyl sites for hydroxylation is 1. The maximum Gasteiger partial charge on any atom is 0.293 e. The Morgan fingerprint density at radius 1 is 1.20 bits per heavy atom. The largest absolute Gasteiger partial charge is 0.366 e. The molecule has 0 spiro atoms. The molecule has 0 N–H and O–H groups in total. The van der Waals surface area contributed by atoms with Gasteiger partial charge in [-0.2, -0.15) is 9.40 Å². The van der Waals surface area contributed by atoms with E-state index in [1.807, 2.05) is 24.3 Å². The Morgan fingerprint density at radius 3 is 2.63 bits per heavy atom. The number of aromatic nitrogens is 2. The van der Waals surface area contributed by atoms with Crippen molar-refractivity contribution in [3.63, 3.8) is 0 Å². The first kappa shape index (κ1) is 20.8. The number of rotatable bonds is 6. The average Bonchev–Trinajstić information content (AvgIpc) is 3.37. The van der Waals surface area contributed by atoms with Gasteiger partial charge in [0, 0.05) is 45.5 Å². The third-order valence-electron chi connectivity index (χ3n) is 6.01. The standard InChI is InChI=1S/C20H27N5O4S/c1-22-14-17(13-21-22)11-16-7-10-23(15-16)19-6-5-18(12-20(19)25(26)27)30(28,29)24-8-3-2-4-9-24/h5-6,12-14,16H,2-4,7-11,15H2,1H3. The zero-order chi connectivity index (χ0) is 21.3. The van der Waals surface area contributed by atoms with Gasteiger partial charge in [-0.05, 0) is 49.3 Å². The molecule has 9 nitrogen and oxygen atoms in total. The lowest BCUT2D eigenvalue weighted by Gasteiger charge is -2.26. The molecule has 1 unspecified atom stereocenters. The van der Waals surface area contributed by atoms with Crippen molar-refractivity contribution in [2.75, 3.05) is 31.1 Å². The summed E-state index contributed by atoms with van der Waals surface area (Å²) in [7, 11) is -1.82. The van der Waals surface area contributed by atoms with E-state index in [0.29, 0.717) is 37.8 Å². The topological polar surface area (TPSA) is 102 Å². The quantitative estimate of drug-likeness (QED) is 0.513. The number of nitrogens with zero attached hydrogens (tertiary/aromatic N) is 5. The van der Waals surface area contributed by atoms with E-state index in [9.17, 15) is 18.5 Å². The monoisotopic (exact) mass is 433 g/mol. The molecule has 0 saturated carbocycles. The highest BCUT2D eigenvalue weighted by Gasteiger charge is 2.32. The number of sulfonamides is 1. The number of hydrogen-bond donors (Lipinski definition) is 0. The van der Waals surface area contributed by atoms with Crippen LogP contribution in [0, 0.1) is 16.0 Å². The molecule has 2 saturated heterocycles. The highest BCUT2D eigenvalue weighted by molar-refractivity contribution is 7.89. The molecule has 2 fully saturated rings. The van der Waals surface area contributed by atoms with Crippen molar-refractivity contribution in [1.29, 1.82) is 0 Å². The normalized spacial score (nSPS) is 20.6. The molecule has 10 heteroatoms. The van der Waals surface area contributed by atoms with Gasteiger partial charge in [0.2, 0.25) is 10.0 Å². The van der Waals surface area contributed by atoms with E-state index in [2.05, 4.69) is 5.10 Å². The SMILES string of the molecule is Cn1cc(CC2CCN(c3ccc(S(=O)(=O)N4CCCCC4)cc3[N+](=O)[O-])C2)cn1. The van der Waals surface area contributed by atoms with Gasteiger partial charge in [-0.1, -0.05) is 6.42 Å². The van der Waals surface area contributed by atoms with Crippen LogP contribution >= 0.6 is 0 Å². The molecule has 0 aliphatic carbocycles. The Labute approximate surface area is 176 Å². The lowest BCUT2D eigenvalue weighted by molar-refractivity contribution is -0.384. The second-order valence-electron chi connectivity index (χ2n) is 8.20. The number of nitro benzene ring substituents is 1. The van der Waals surface area contributed by atoms with Crippen molar-refractivity contribution in [2.45, 2.75) is 37.0 Å². The van der Waals surface area contributed by atoms with Crippen molar-refractivity contribution in [3.05, 3.63) is 46.3 Å². The van der Waals surface area contributed by atoms with Gasteiger partial charge in [-0.3, -0.25) is 14.8 Å². The molecule has 162 valence electrons. The zero-order valence-corrected chi connectivity index (χ0v) is 17.9. The van der Waals surface area contributed by atoms with Gasteiger partial charge >= 0.3 is 0 Å². The molecule has 0 bridgehead atoms. The Balaban J connectivity index is 1.54. The molecular formula is C20H27N5O4S. The number of benzene rings is 1. The molecule has 2 aliphatic heterocycles. The smallest absolute Gasteiger partial charge is 0.293 e. The maximum absolute atomic E-state index is 12.9. The Bertz CT molecular complexity index is 1030. The fourth-order valence-electron chi connectivity index (χ4n) is 4.46. The first-order valence-electron chi connectivity index (χ1n) is 10.4. The van der Waals surface area contributed by atoms with Gasteiger partial charge in [-0.15, -0.1) is 0 Å². The zero-order valence-electron chi connectivity index (χ0n) is 17.1. The molecule has 2 aliphatic rings. The van der Waals surface area contributed by atoms with E-state index in [1.165, 1.54) is 16.4 Å². The summed E-state index contributed by atoms with van der Waals surface area (Å²) in [5.74, 6) is 0.380. The van der Waals surface area contributed by atoms with Gasteiger partial charge < -0.3 is 4.90 Å². The fraction of sp³-hybridized carbons (Fsp3) is 0.550. The minimum Gasteiger partial charge on any atom is -0.366 e. The summed E-state index contributed by atoms with van der Waals surface area (Å²) in [6.45, 7) is 2.36. The van der Waals surface area contributed by atoms with Gasteiger partial charge in [0.15, 0.2) is 0 Å². The molecule has 1 aromatic carbocycles. The van der Waals surface area contributed by atoms with Gasteiger partial charge in [-0.25, -0.2) is 8.42 Å². The van der Waals surface area contributed by atoms with Crippen molar-refractivity contribution in [1.82, 2.24) is 14.1 Å². The minimum absolute atomic E-state index is 0.00552. The summed E-state index contributed by atoms with van der Waals surface area (Å²) < 4.78 is 29.1. The Hall–Kier alpha value is -2.46. The molecule has 1 aromatic heterocycles. The highest BCUT2D eigenvalue weighted by atomic mass is 32.2. The second kappa shape index (κ2) is 8.35. The predicted octanol–water partition coefficient (Wildman–Crippen LogP) is 2.57. The maximum atomic E-state index is 12.9. The van der Waals surface area contributed by atoms with Gasteiger partial charge in [0.05, 0.1) is 16.0 Å². The van der Waals surface area contributed by atoms with Crippen LogP contribution in [0.25, 0.3) is 0 Å². The van der Waals surface area contributed by atoms with Crippen molar-refractivity contribution in [3.8, 4) is 0 Å². The van der Waals surface area contributed by atoms with Crippen LogP contribution in [0.1, 0.15) is 31.2 Å². The van der Waals surface area contributed by atoms with E-state index in [0.717, 1.165) is 37.7 Å². The van der Waals surface area contributed by atoms with Crippen LogP contribution in [0.5, 0.6) is 0 Å². The second-order valence-corrected chi connectivity index (χ2v) is 10.1. The molecule has 30 heavy (non-hydrogen) atoms. The highest BCUT2D eigenvalue weighted by Crippen LogP contribution is 2.35. The van der Waals surface area contributed by atoms with Gasteiger partial charge in [0.25, 0.3) is 5.69 Å². The number of anilines is 1. The van der Waals surface area contributed by atoms with Crippen LogP contribution < -0.4 is 4.90 Å².